The lowest BCUT2D eigenvalue weighted by molar-refractivity contribution is -0.140. The number of aromatic nitrogens is 2. The van der Waals surface area contributed by atoms with Crippen molar-refractivity contribution in [1.29, 1.82) is 0 Å². The maximum Gasteiger partial charge on any atom is 0.233 e. The summed E-state index contributed by atoms with van der Waals surface area (Å²) in [5.41, 5.74) is 2.28. The Labute approximate surface area is 170 Å². The molecule has 0 spiro atoms. The second-order valence-corrected chi connectivity index (χ2v) is 7.98. The number of benzene rings is 1. The molecular formula is C22H26N4O3. The van der Waals surface area contributed by atoms with Gasteiger partial charge in [-0.25, -0.2) is 4.68 Å². The lowest BCUT2D eigenvalue weighted by Crippen LogP contribution is -2.34. The SMILES string of the molecule is Cc1ccc(Cn2nccc2NC(=O)CCN2C(=O)[C@H]3CCCC[C@H]3C2=O)cc1. The van der Waals surface area contributed by atoms with Gasteiger partial charge in [-0.05, 0) is 25.3 Å². The molecule has 2 atom stereocenters. The second-order valence-electron chi connectivity index (χ2n) is 7.98. The molecule has 0 radical (unpaired) electrons. The van der Waals surface area contributed by atoms with Crippen LogP contribution >= 0.6 is 0 Å². The zero-order valence-corrected chi connectivity index (χ0v) is 16.6. The van der Waals surface area contributed by atoms with Crippen molar-refractivity contribution in [3.63, 3.8) is 0 Å². The number of hydrogen-bond donors (Lipinski definition) is 1. The molecule has 1 aromatic carbocycles. The number of carbonyl (C=O) groups is 3. The molecule has 2 fully saturated rings. The monoisotopic (exact) mass is 394 g/mol. The number of aryl methyl sites for hydroxylation is 1. The van der Waals surface area contributed by atoms with Crippen LogP contribution in [0.3, 0.4) is 0 Å². The maximum atomic E-state index is 12.5. The van der Waals surface area contributed by atoms with Crippen molar-refractivity contribution in [3.8, 4) is 0 Å². The Morgan fingerprint density at radius 3 is 2.38 bits per heavy atom. The summed E-state index contributed by atoms with van der Waals surface area (Å²) >= 11 is 0. The minimum Gasteiger partial charge on any atom is -0.311 e. The first-order chi connectivity index (χ1) is 14.0. The van der Waals surface area contributed by atoms with E-state index in [0.717, 1.165) is 31.2 Å². The van der Waals surface area contributed by atoms with Crippen LogP contribution in [0.1, 0.15) is 43.2 Å². The third-order valence-electron chi connectivity index (χ3n) is 5.93. The number of nitrogens with one attached hydrogen (secondary N) is 1. The van der Waals surface area contributed by atoms with Gasteiger partial charge in [0.2, 0.25) is 17.7 Å². The molecule has 1 saturated heterocycles. The first-order valence-corrected chi connectivity index (χ1v) is 10.3. The summed E-state index contributed by atoms with van der Waals surface area (Å²) in [4.78, 5) is 38.8. The molecule has 7 nitrogen and oxygen atoms in total. The fraction of sp³-hybridized carbons (Fsp3) is 0.455. The third kappa shape index (κ3) is 4.09. The van der Waals surface area contributed by atoms with Crippen molar-refractivity contribution >= 4 is 23.5 Å². The molecule has 2 aromatic rings. The molecule has 1 saturated carbocycles. The highest BCUT2D eigenvalue weighted by Gasteiger charge is 2.47. The average Bonchev–Trinajstić information content (AvgIpc) is 3.25. The summed E-state index contributed by atoms with van der Waals surface area (Å²) in [6.07, 6.45) is 5.31. The quantitative estimate of drug-likeness (QED) is 0.764. The fourth-order valence-electron chi connectivity index (χ4n) is 4.30. The van der Waals surface area contributed by atoms with Crippen molar-refractivity contribution in [3.05, 3.63) is 47.7 Å². The molecule has 2 aliphatic rings. The molecular weight excluding hydrogens is 368 g/mol. The van der Waals surface area contributed by atoms with Crippen LogP contribution in [-0.2, 0) is 20.9 Å². The molecule has 1 aliphatic heterocycles. The molecule has 0 bridgehead atoms. The van der Waals surface area contributed by atoms with Gasteiger partial charge in [0, 0.05) is 19.0 Å². The Bertz CT molecular complexity index is 894. The van der Waals surface area contributed by atoms with Crippen LogP contribution in [0.2, 0.25) is 0 Å². The van der Waals surface area contributed by atoms with Crippen molar-refractivity contribution in [2.45, 2.75) is 45.6 Å². The van der Waals surface area contributed by atoms with E-state index in [2.05, 4.69) is 10.4 Å². The van der Waals surface area contributed by atoms with Gasteiger partial charge in [0.1, 0.15) is 5.82 Å². The van der Waals surface area contributed by atoms with Crippen LogP contribution in [0, 0.1) is 18.8 Å². The van der Waals surface area contributed by atoms with E-state index in [1.54, 1.807) is 16.9 Å². The predicted octanol–water partition coefficient (Wildman–Crippen LogP) is 2.74. The third-order valence-corrected chi connectivity index (χ3v) is 5.93. The van der Waals surface area contributed by atoms with Crippen LogP contribution in [0.5, 0.6) is 0 Å². The molecule has 1 aromatic heterocycles. The summed E-state index contributed by atoms with van der Waals surface area (Å²) in [6, 6.07) is 9.89. The Morgan fingerprint density at radius 1 is 1.07 bits per heavy atom. The van der Waals surface area contributed by atoms with Gasteiger partial charge >= 0.3 is 0 Å². The first-order valence-electron chi connectivity index (χ1n) is 10.3. The highest BCUT2D eigenvalue weighted by Crippen LogP contribution is 2.37. The molecule has 3 amide bonds. The summed E-state index contributed by atoms with van der Waals surface area (Å²) in [6.45, 7) is 2.73. The average molecular weight is 394 g/mol. The van der Waals surface area contributed by atoms with Gasteiger partial charge in [-0.3, -0.25) is 19.3 Å². The molecule has 152 valence electrons. The highest BCUT2D eigenvalue weighted by molar-refractivity contribution is 6.05. The summed E-state index contributed by atoms with van der Waals surface area (Å²) < 4.78 is 1.73. The maximum absolute atomic E-state index is 12.5. The topological polar surface area (TPSA) is 84.3 Å². The lowest BCUT2D eigenvalue weighted by atomic mass is 9.81. The zero-order chi connectivity index (χ0) is 20.4. The Balaban J connectivity index is 1.34. The molecule has 7 heteroatoms. The number of anilines is 1. The van der Waals surface area contributed by atoms with Crippen LogP contribution in [0.15, 0.2) is 36.5 Å². The van der Waals surface area contributed by atoms with Gasteiger partial charge in [-0.15, -0.1) is 0 Å². The fourth-order valence-corrected chi connectivity index (χ4v) is 4.30. The van der Waals surface area contributed by atoms with E-state index in [4.69, 9.17) is 0 Å². The summed E-state index contributed by atoms with van der Waals surface area (Å²) in [5, 5.41) is 7.13. The number of hydrogen-bond acceptors (Lipinski definition) is 4. The van der Waals surface area contributed by atoms with Gasteiger partial charge < -0.3 is 5.32 Å². The molecule has 29 heavy (non-hydrogen) atoms. The second kappa shape index (κ2) is 8.19. The van der Waals surface area contributed by atoms with Gasteiger partial charge in [-0.1, -0.05) is 42.7 Å². The van der Waals surface area contributed by atoms with E-state index in [1.165, 1.54) is 10.5 Å². The Hall–Kier alpha value is -2.96. The number of imide groups is 1. The van der Waals surface area contributed by atoms with Crippen LogP contribution in [0.4, 0.5) is 5.82 Å². The normalized spacial score (nSPS) is 21.3. The number of carbonyl (C=O) groups excluding carboxylic acids is 3. The van der Waals surface area contributed by atoms with Gasteiger partial charge in [-0.2, -0.15) is 5.10 Å². The number of rotatable bonds is 6. The minimum atomic E-state index is -0.230. The smallest absolute Gasteiger partial charge is 0.233 e. The molecule has 4 rings (SSSR count). The Kier molecular flexibility index (Phi) is 5.47. The minimum absolute atomic E-state index is 0.0899. The van der Waals surface area contributed by atoms with Gasteiger partial charge in [0.15, 0.2) is 0 Å². The largest absolute Gasteiger partial charge is 0.311 e. The van der Waals surface area contributed by atoms with Crippen LogP contribution in [0.25, 0.3) is 0 Å². The van der Waals surface area contributed by atoms with Gasteiger partial charge in [0.05, 0.1) is 24.6 Å². The van der Waals surface area contributed by atoms with Crippen molar-refractivity contribution in [2.75, 3.05) is 11.9 Å². The van der Waals surface area contributed by atoms with Gasteiger partial charge in [0.25, 0.3) is 0 Å². The van der Waals surface area contributed by atoms with Crippen LogP contribution < -0.4 is 5.32 Å². The zero-order valence-electron chi connectivity index (χ0n) is 16.6. The van der Waals surface area contributed by atoms with E-state index >= 15 is 0 Å². The van der Waals surface area contributed by atoms with Crippen molar-refractivity contribution in [1.82, 2.24) is 14.7 Å². The van der Waals surface area contributed by atoms with E-state index in [0.29, 0.717) is 12.4 Å². The number of amides is 3. The molecule has 2 heterocycles. The summed E-state index contributed by atoms with van der Waals surface area (Å²) in [5.74, 6) is -0.172. The lowest BCUT2D eigenvalue weighted by Gasteiger charge is -2.19. The standard InChI is InChI=1S/C22H26N4O3/c1-15-6-8-16(9-7-15)14-26-19(10-12-23-26)24-20(27)11-13-25-21(28)17-4-2-3-5-18(17)22(25)29/h6-10,12,17-18H,2-5,11,13-14H2,1H3,(H,24,27)/t17-,18+. The van der Waals surface area contributed by atoms with E-state index < -0.39 is 0 Å². The number of fused-ring (bicyclic) bond motifs is 1. The number of likely N-dealkylation sites (tertiary alicyclic amines) is 1. The molecule has 0 unspecified atom stereocenters. The van der Waals surface area contributed by atoms with Crippen molar-refractivity contribution < 1.29 is 14.4 Å². The first kappa shape index (κ1) is 19.4. The molecule has 1 N–H and O–H groups in total. The van der Waals surface area contributed by atoms with Crippen LogP contribution in [-0.4, -0.2) is 38.9 Å². The van der Waals surface area contributed by atoms with E-state index in [-0.39, 0.29) is 42.5 Å². The highest BCUT2D eigenvalue weighted by atomic mass is 16.2. The number of nitrogens with zero attached hydrogens (tertiary/aromatic N) is 3. The predicted molar refractivity (Wildman–Crippen MR) is 108 cm³/mol. The van der Waals surface area contributed by atoms with Crippen molar-refractivity contribution in [2.24, 2.45) is 11.8 Å². The van der Waals surface area contributed by atoms with E-state index in [9.17, 15) is 14.4 Å². The van der Waals surface area contributed by atoms with E-state index in [1.807, 2.05) is 31.2 Å². The molecule has 1 aliphatic carbocycles. The summed E-state index contributed by atoms with van der Waals surface area (Å²) in [7, 11) is 0. The Morgan fingerprint density at radius 2 is 1.72 bits per heavy atom.